The standard InChI is InChI=1S/C19H18N6OS/c1-2-11-5-3-4-6-13(11)14-9-20-10-25(14)17-15-16(23-24-17)21-19(27-15)22-18(26)12-7-8-12/h3-6,9-10,12H,2,7-8H2,1H3,(H2,21,22,23,24,26). The van der Waals surface area contributed by atoms with Gasteiger partial charge in [0.2, 0.25) is 5.91 Å². The lowest BCUT2D eigenvalue weighted by atomic mass is 10.0. The van der Waals surface area contributed by atoms with Crippen molar-refractivity contribution in [3.63, 3.8) is 0 Å². The second-order valence-electron chi connectivity index (χ2n) is 6.67. The smallest absolute Gasteiger partial charge is 0.229 e. The van der Waals surface area contributed by atoms with Crippen molar-refractivity contribution in [1.29, 1.82) is 0 Å². The Balaban J connectivity index is 1.56. The summed E-state index contributed by atoms with van der Waals surface area (Å²) in [5, 5.41) is 10.9. The zero-order valence-corrected chi connectivity index (χ0v) is 15.6. The van der Waals surface area contributed by atoms with Gasteiger partial charge in [0.15, 0.2) is 16.6 Å². The van der Waals surface area contributed by atoms with Gasteiger partial charge in [0.1, 0.15) is 11.0 Å². The van der Waals surface area contributed by atoms with E-state index in [2.05, 4.69) is 44.5 Å². The molecule has 0 radical (unpaired) electrons. The van der Waals surface area contributed by atoms with E-state index in [9.17, 15) is 4.79 Å². The van der Waals surface area contributed by atoms with Gasteiger partial charge in [-0.15, -0.1) is 0 Å². The molecule has 4 aromatic rings. The summed E-state index contributed by atoms with van der Waals surface area (Å²) in [5.41, 5.74) is 4.05. The van der Waals surface area contributed by atoms with Crippen molar-refractivity contribution in [3.8, 4) is 17.1 Å². The Kier molecular flexibility index (Phi) is 3.78. The van der Waals surface area contributed by atoms with Gasteiger partial charge in [0, 0.05) is 11.5 Å². The van der Waals surface area contributed by atoms with Gasteiger partial charge < -0.3 is 5.32 Å². The molecule has 136 valence electrons. The highest BCUT2D eigenvalue weighted by Gasteiger charge is 2.30. The molecule has 27 heavy (non-hydrogen) atoms. The average Bonchev–Trinajstić information content (AvgIpc) is 3.12. The van der Waals surface area contributed by atoms with Gasteiger partial charge in [-0.2, -0.15) is 5.10 Å². The van der Waals surface area contributed by atoms with Crippen molar-refractivity contribution in [2.75, 3.05) is 5.32 Å². The third-order valence-electron chi connectivity index (χ3n) is 4.82. The number of nitrogens with zero attached hydrogens (tertiary/aromatic N) is 4. The first-order valence-electron chi connectivity index (χ1n) is 9.01. The van der Waals surface area contributed by atoms with E-state index in [1.807, 2.05) is 22.9 Å². The Labute approximate surface area is 159 Å². The molecule has 0 unspecified atom stereocenters. The highest BCUT2D eigenvalue weighted by atomic mass is 32.1. The molecule has 1 aliphatic carbocycles. The lowest BCUT2D eigenvalue weighted by Gasteiger charge is -2.09. The fraction of sp³-hybridized carbons (Fsp3) is 0.263. The largest absolute Gasteiger partial charge is 0.302 e. The maximum atomic E-state index is 12.0. The quantitative estimate of drug-likeness (QED) is 0.553. The Morgan fingerprint density at radius 2 is 2.22 bits per heavy atom. The van der Waals surface area contributed by atoms with Crippen LogP contribution in [0.4, 0.5) is 5.13 Å². The maximum absolute atomic E-state index is 12.0. The Bertz CT molecular complexity index is 1140. The third kappa shape index (κ3) is 2.82. The van der Waals surface area contributed by atoms with Crippen molar-refractivity contribution >= 4 is 32.7 Å². The molecule has 1 aromatic carbocycles. The van der Waals surface area contributed by atoms with Crippen molar-refractivity contribution in [2.45, 2.75) is 26.2 Å². The van der Waals surface area contributed by atoms with Gasteiger partial charge in [0.05, 0.1) is 11.9 Å². The molecule has 1 aliphatic rings. The summed E-state index contributed by atoms with van der Waals surface area (Å²) in [6.45, 7) is 2.14. The average molecular weight is 378 g/mol. The minimum Gasteiger partial charge on any atom is -0.302 e. The molecule has 7 nitrogen and oxygen atoms in total. The van der Waals surface area contributed by atoms with E-state index in [4.69, 9.17) is 0 Å². The van der Waals surface area contributed by atoms with Crippen LogP contribution in [0.5, 0.6) is 0 Å². The second kappa shape index (κ2) is 6.31. The number of carbonyl (C=O) groups excluding carboxylic acids is 1. The van der Waals surface area contributed by atoms with Crippen LogP contribution in [-0.4, -0.2) is 30.6 Å². The topological polar surface area (TPSA) is 88.5 Å². The second-order valence-corrected chi connectivity index (χ2v) is 7.67. The molecule has 1 amide bonds. The maximum Gasteiger partial charge on any atom is 0.229 e. The zero-order chi connectivity index (χ0) is 18.4. The predicted molar refractivity (Wildman–Crippen MR) is 105 cm³/mol. The van der Waals surface area contributed by atoms with E-state index in [0.717, 1.165) is 41.0 Å². The summed E-state index contributed by atoms with van der Waals surface area (Å²) >= 11 is 1.43. The molecule has 2 N–H and O–H groups in total. The van der Waals surface area contributed by atoms with Crippen LogP contribution in [0.25, 0.3) is 27.4 Å². The molecule has 0 saturated heterocycles. The normalized spacial score (nSPS) is 14.0. The number of carbonyl (C=O) groups is 1. The van der Waals surface area contributed by atoms with Crippen molar-refractivity contribution in [2.24, 2.45) is 5.92 Å². The highest BCUT2D eigenvalue weighted by molar-refractivity contribution is 7.22. The number of benzene rings is 1. The molecule has 0 aliphatic heterocycles. The Morgan fingerprint density at radius 1 is 1.37 bits per heavy atom. The van der Waals surface area contributed by atoms with Crippen LogP contribution in [0.1, 0.15) is 25.3 Å². The number of imidazole rings is 1. The van der Waals surface area contributed by atoms with E-state index < -0.39 is 0 Å². The summed E-state index contributed by atoms with van der Waals surface area (Å²) in [6, 6.07) is 8.31. The number of thiazole rings is 1. The van der Waals surface area contributed by atoms with Crippen molar-refractivity contribution in [1.82, 2.24) is 24.7 Å². The molecule has 0 atom stereocenters. The lowest BCUT2D eigenvalue weighted by molar-refractivity contribution is -0.117. The number of anilines is 1. The fourth-order valence-corrected chi connectivity index (χ4v) is 4.12. The van der Waals surface area contributed by atoms with Gasteiger partial charge in [-0.1, -0.05) is 42.5 Å². The van der Waals surface area contributed by atoms with Crippen LogP contribution in [0, 0.1) is 5.92 Å². The number of aromatic amines is 1. The number of amides is 1. The minimum absolute atomic E-state index is 0.0566. The summed E-state index contributed by atoms with van der Waals surface area (Å²) in [5.74, 6) is 0.949. The van der Waals surface area contributed by atoms with Gasteiger partial charge in [-0.25, -0.2) is 9.97 Å². The number of H-pyrrole nitrogens is 1. The highest BCUT2D eigenvalue weighted by Crippen LogP contribution is 2.35. The number of aromatic nitrogens is 5. The van der Waals surface area contributed by atoms with E-state index in [0.29, 0.717) is 10.8 Å². The number of nitrogens with one attached hydrogen (secondary N) is 2. The monoisotopic (exact) mass is 378 g/mol. The SMILES string of the molecule is CCc1ccccc1-c1cncn1-c1n[nH]c2nc(NC(=O)C3CC3)sc12. The van der Waals surface area contributed by atoms with Crippen LogP contribution >= 0.6 is 11.3 Å². The van der Waals surface area contributed by atoms with Crippen LogP contribution < -0.4 is 5.32 Å². The summed E-state index contributed by atoms with van der Waals surface area (Å²) in [4.78, 5) is 20.8. The van der Waals surface area contributed by atoms with E-state index in [-0.39, 0.29) is 11.8 Å². The lowest BCUT2D eigenvalue weighted by Crippen LogP contribution is -2.12. The van der Waals surface area contributed by atoms with Crippen molar-refractivity contribution < 1.29 is 4.79 Å². The number of rotatable bonds is 5. The predicted octanol–water partition coefficient (Wildman–Crippen LogP) is 3.78. The fourth-order valence-electron chi connectivity index (χ4n) is 3.22. The first kappa shape index (κ1) is 16.2. The van der Waals surface area contributed by atoms with Crippen LogP contribution in [0.3, 0.4) is 0 Å². The molecule has 0 bridgehead atoms. The van der Waals surface area contributed by atoms with Gasteiger partial charge in [0.25, 0.3) is 0 Å². The van der Waals surface area contributed by atoms with Gasteiger partial charge >= 0.3 is 0 Å². The number of hydrogen-bond donors (Lipinski definition) is 2. The first-order chi connectivity index (χ1) is 13.2. The molecule has 5 rings (SSSR count). The molecule has 3 heterocycles. The van der Waals surface area contributed by atoms with Gasteiger partial charge in [-0.05, 0) is 24.8 Å². The molecular formula is C19H18N6OS. The van der Waals surface area contributed by atoms with Crippen LogP contribution in [0.2, 0.25) is 0 Å². The minimum atomic E-state index is 0.0566. The van der Waals surface area contributed by atoms with E-state index >= 15 is 0 Å². The van der Waals surface area contributed by atoms with Gasteiger partial charge in [-0.3, -0.25) is 14.5 Å². The van der Waals surface area contributed by atoms with E-state index in [1.54, 1.807) is 6.33 Å². The molecule has 1 saturated carbocycles. The third-order valence-corrected chi connectivity index (χ3v) is 5.78. The first-order valence-corrected chi connectivity index (χ1v) is 9.83. The Hall–Kier alpha value is -3.00. The van der Waals surface area contributed by atoms with Crippen molar-refractivity contribution in [3.05, 3.63) is 42.4 Å². The molecule has 8 heteroatoms. The number of hydrogen-bond acceptors (Lipinski definition) is 5. The number of fused-ring (bicyclic) bond motifs is 1. The summed E-state index contributed by atoms with van der Waals surface area (Å²) in [7, 11) is 0. The molecule has 3 aromatic heterocycles. The van der Waals surface area contributed by atoms with Crippen LogP contribution in [-0.2, 0) is 11.2 Å². The molecular weight excluding hydrogens is 360 g/mol. The zero-order valence-electron chi connectivity index (χ0n) is 14.8. The summed E-state index contributed by atoms with van der Waals surface area (Å²) < 4.78 is 2.87. The summed E-state index contributed by atoms with van der Waals surface area (Å²) in [6.07, 6.45) is 6.49. The Morgan fingerprint density at radius 3 is 3.04 bits per heavy atom. The van der Waals surface area contributed by atoms with E-state index in [1.165, 1.54) is 16.9 Å². The molecule has 1 fully saturated rings. The number of aryl methyl sites for hydroxylation is 1. The van der Waals surface area contributed by atoms with Crippen LogP contribution in [0.15, 0.2) is 36.8 Å². The molecule has 0 spiro atoms.